The molecule has 1 aliphatic carbocycles. The highest BCUT2D eigenvalue weighted by Crippen LogP contribution is 2.35. The van der Waals surface area contributed by atoms with E-state index in [4.69, 9.17) is 11.6 Å². The molecule has 1 amide bonds. The first-order valence-corrected chi connectivity index (χ1v) is 8.83. The fourth-order valence-electron chi connectivity index (χ4n) is 3.82. The Bertz CT molecular complexity index is 546. The second-order valence-corrected chi connectivity index (χ2v) is 7.30. The first kappa shape index (κ1) is 16.7. The van der Waals surface area contributed by atoms with Gasteiger partial charge in [0, 0.05) is 18.1 Å². The molecule has 2 N–H and O–H groups in total. The maximum absolute atomic E-state index is 12.5. The molecule has 0 bridgehead atoms. The van der Waals surface area contributed by atoms with E-state index < -0.39 is 11.7 Å². The average molecular weight is 338 g/mol. The van der Waals surface area contributed by atoms with Gasteiger partial charge in [-0.05, 0) is 62.1 Å². The van der Waals surface area contributed by atoms with E-state index in [1.807, 2.05) is 12.1 Å². The predicted octanol–water partition coefficient (Wildman–Crippen LogP) is 2.92. The lowest BCUT2D eigenvalue weighted by molar-refractivity contribution is -0.152. The van der Waals surface area contributed by atoms with E-state index in [0.29, 0.717) is 31.0 Å². The fraction of sp³-hybridized carbons (Fsp3) is 0.611. The van der Waals surface area contributed by atoms with Crippen LogP contribution in [-0.4, -0.2) is 39.7 Å². The van der Waals surface area contributed by atoms with E-state index in [-0.39, 0.29) is 11.8 Å². The van der Waals surface area contributed by atoms with Gasteiger partial charge in [0.15, 0.2) is 0 Å². The lowest BCUT2D eigenvalue weighted by Gasteiger charge is -2.37. The number of benzene rings is 1. The summed E-state index contributed by atoms with van der Waals surface area (Å²) in [5.74, 6) is 0.0212. The van der Waals surface area contributed by atoms with Crippen LogP contribution < -0.4 is 0 Å². The predicted molar refractivity (Wildman–Crippen MR) is 89.1 cm³/mol. The van der Waals surface area contributed by atoms with Crippen molar-refractivity contribution < 1.29 is 15.0 Å². The molecule has 1 saturated heterocycles. The van der Waals surface area contributed by atoms with Crippen LogP contribution in [0, 0.1) is 5.92 Å². The van der Waals surface area contributed by atoms with Crippen molar-refractivity contribution in [3.05, 3.63) is 34.9 Å². The van der Waals surface area contributed by atoms with Gasteiger partial charge in [0.1, 0.15) is 5.60 Å². The number of carbonyl (C=O) groups is 1. The Morgan fingerprint density at radius 2 is 1.74 bits per heavy atom. The Labute approximate surface area is 142 Å². The van der Waals surface area contributed by atoms with Crippen molar-refractivity contribution >= 4 is 17.5 Å². The van der Waals surface area contributed by atoms with Gasteiger partial charge in [-0.1, -0.05) is 23.7 Å². The molecule has 23 heavy (non-hydrogen) atoms. The van der Waals surface area contributed by atoms with Gasteiger partial charge in [-0.2, -0.15) is 0 Å². The first-order chi connectivity index (χ1) is 11.0. The molecule has 1 aromatic rings. The Morgan fingerprint density at radius 3 is 2.30 bits per heavy atom. The van der Waals surface area contributed by atoms with Gasteiger partial charge in [0.05, 0.1) is 6.10 Å². The molecule has 0 aromatic heterocycles. The van der Waals surface area contributed by atoms with Crippen LogP contribution in [0.25, 0.3) is 0 Å². The molecule has 0 spiro atoms. The molecule has 3 rings (SSSR count). The summed E-state index contributed by atoms with van der Waals surface area (Å²) in [4.78, 5) is 14.3. The van der Waals surface area contributed by atoms with Crippen LogP contribution in [0.5, 0.6) is 0 Å². The maximum atomic E-state index is 12.5. The summed E-state index contributed by atoms with van der Waals surface area (Å²) in [7, 11) is 0. The number of nitrogens with zero attached hydrogens (tertiary/aromatic N) is 1. The van der Waals surface area contributed by atoms with Crippen molar-refractivity contribution in [3.63, 3.8) is 0 Å². The Kier molecular flexibility index (Phi) is 4.95. The highest BCUT2D eigenvalue weighted by molar-refractivity contribution is 6.30. The minimum atomic E-state index is -1.14. The quantitative estimate of drug-likeness (QED) is 0.891. The zero-order chi connectivity index (χ0) is 16.4. The van der Waals surface area contributed by atoms with E-state index in [2.05, 4.69) is 0 Å². The Balaban J connectivity index is 1.57. The Hall–Kier alpha value is -1.10. The normalized spacial score (nSPS) is 23.0. The molecular formula is C18H24ClNO3. The molecular weight excluding hydrogens is 314 g/mol. The van der Waals surface area contributed by atoms with Crippen molar-refractivity contribution in [2.75, 3.05) is 13.1 Å². The van der Waals surface area contributed by atoms with Crippen LogP contribution in [0.1, 0.15) is 50.2 Å². The van der Waals surface area contributed by atoms with Crippen LogP contribution in [0.3, 0.4) is 0 Å². The van der Waals surface area contributed by atoms with Gasteiger partial charge in [-0.15, -0.1) is 0 Å². The smallest absolute Gasteiger partial charge is 0.254 e. The monoisotopic (exact) mass is 337 g/mol. The van der Waals surface area contributed by atoms with E-state index in [1.54, 1.807) is 17.0 Å². The van der Waals surface area contributed by atoms with Crippen molar-refractivity contribution in [2.45, 2.75) is 50.2 Å². The number of aliphatic hydroxyl groups is 2. The van der Waals surface area contributed by atoms with Gasteiger partial charge in [-0.3, -0.25) is 4.79 Å². The van der Waals surface area contributed by atoms with E-state index in [1.165, 1.54) is 0 Å². The number of carbonyl (C=O) groups excluding carboxylic acids is 1. The minimum Gasteiger partial charge on any atom is -0.388 e. The van der Waals surface area contributed by atoms with E-state index in [0.717, 1.165) is 31.2 Å². The number of rotatable bonds is 3. The molecule has 1 aliphatic heterocycles. The largest absolute Gasteiger partial charge is 0.388 e. The van der Waals surface area contributed by atoms with Crippen LogP contribution in [0.15, 0.2) is 24.3 Å². The molecule has 1 saturated carbocycles. The number of hydrogen-bond acceptors (Lipinski definition) is 3. The number of amides is 1. The second kappa shape index (κ2) is 6.80. The average Bonchev–Trinajstić information content (AvgIpc) is 3.02. The molecule has 5 heteroatoms. The molecule has 1 heterocycles. The summed E-state index contributed by atoms with van der Waals surface area (Å²) in [6, 6.07) is 7.28. The molecule has 1 atom stereocenters. The standard InChI is InChI=1S/C18H24ClNO3/c19-15-5-3-13(4-6-15)16(21)14-7-11-20(12-8-14)17(22)18(23)9-1-2-10-18/h3-6,14,16,21,23H,1-2,7-12H2. The SMILES string of the molecule is O=C(N1CCC(C(O)c2ccc(Cl)cc2)CC1)C1(O)CCCC1. The summed E-state index contributed by atoms with van der Waals surface area (Å²) in [6.45, 7) is 1.22. The number of aliphatic hydroxyl groups excluding tert-OH is 1. The van der Waals surface area contributed by atoms with Gasteiger partial charge in [-0.25, -0.2) is 0 Å². The van der Waals surface area contributed by atoms with Crippen molar-refractivity contribution in [1.29, 1.82) is 0 Å². The molecule has 1 unspecified atom stereocenters. The third-order valence-corrected chi connectivity index (χ3v) is 5.57. The number of hydrogen-bond donors (Lipinski definition) is 2. The summed E-state index contributed by atoms with van der Waals surface area (Å²) in [6.07, 6.45) is 4.00. The summed E-state index contributed by atoms with van der Waals surface area (Å²) in [5.41, 5.74) is -0.268. The molecule has 2 fully saturated rings. The van der Waals surface area contributed by atoms with Crippen LogP contribution >= 0.6 is 11.6 Å². The molecule has 1 aromatic carbocycles. The van der Waals surface area contributed by atoms with Crippen molar-refractivity contribution in [2.24, 2.45) is 5.92 Å². The zero-order valence-corrected chi connectivity index (χ0v) is 14.0. The topological polar surface area (TPSA) is 60.8 Å². The summed E-state index contributed by atoms with van der Waals surface area (Å²) < 4.78 is 0. The van der Waals surface area contributed by atoms with Crippen LogP contribution in [-0.2, 0) is 4.79 Å². The minimum absolute atomic E-state index is 0.116. The zero-order valence-electron chi connectivity index (χ0n) is 13.2. The van der Waals surface area contributed by atoms with Gasteiger partial charge in [0.2, 0.25) is 0 Å². The lowest BCUT2D eigenvalue weighted by atomic mass is 9.86. The summed E-state index contributed by atoms with van der Waals surface area (Å²) >= 11 is 5.88. The molecule has 2 aliphatic rings. The number of likely N-dealkylation sites (tertiary alicyclic amines) is 1. The highest BCUT2D eigenvalue weighted by atomic mass is 35.5. The summed E-state index contributed by atoms with van der Waals surface area (Å²) in [5, 5.41) is 21.6. The van der Waals surface area contributed by atoms with E-state index in [9.17, 15) is 15.0 Å². The second-order valence-electron chi connectivity index (χ2n) is 6.86. The molecule has 0 radical (unpaired) electrons. The van der Waals surface area contributed by atoms with E-state index >= 15 is 0 Å². The fourth-order valence-corrected chi connectivity index (χ4v) is 3.94. The lowest BCUT2D eigenvalue weighted by Crippen LogP contribution is -2.50. The Morgan fingerprint density at radius 1 is 1.17 bits per heavy atom. The molecule has 4 nitrogen and oxygen atoms in total. The van der Waals surface area contributed by atoms with Gasteiger partial charge >= 0.3 is 0 Å². The van der Waals surface area contributed by atoms with Crippen LogP contribution in [0.4, 0.5) is 0 Å². The maximum Gasteiger partial charge on any atom is 0.254 e. The van der Waals surface area contributed by atoms with Gasteiger partial charge < -0.3 is 15.1 Å². The highest BCUT2D eigenvalue weighted by Gasteiger charge is 2.42. The van der Waals surface area contributed by atoms with Crippen molar-refractivity contribution in [3.8, 4) is 0 Å². The number of halogens is 1. The third-order valence-electron chi connectivity index (χ3n) is 5.31. The van der Waals surface area contributed by atoms with Crippen LogP contribution in [0.2, 0.25) is 5.02 Å². The van der Waals surface area contributed by atoms with Crippen molar-refractivity contribution in [1.82, 2.24) is 4.90 Å². The first-order valence-electron chi connectivity index (χ1n) is 8.45. The number of piperidine rings is 1. The third kappa shape index (κ3) is 3.54. The molecule has 126 valence electrons. The van der Waals surface area contributed by atoms with Gasteiger partial charge in [0.25, 0.3) is 5.91 Å².